The predicted molar refractivity (Wildman–Crippen MR) is 88.2 cm³/mol. The van der Waals surface area contributed by atoms with E-state index < -0.39 is 16.8 Å². The highest BCUT2D eigenvalue weighted by atomic mass is 16.6. The monoisotopic (exact) mass is 346 g/mol. The fraction of sp³-hybridized carbons (Fsp3) is 0.312. The molecular weight excluding hydrogens is 328 g/mol. The molecule has 0 aliphatic carbocycles. The van der Waals surface area contributed by atoms with Crippen molar-refractivity contribution in [3.63, 3.8) is 0 Å². The maximum Gasteiger partial charge on any atom is 0.338 e. The Morgan fingerprint density at radius 1 is 1.32 bits per heavy atom. The molecule has 9 nitrogen and oxygen atoms in total. The van der Waals surface area contributed by atoms with Crippen LogP contribution in [0, 0.1) is 10.1 Å². The second-order valence-electron chi connectivity index (χ2n) is 5.16. The van der Waals surface area contributed by atoms with Gasteiger partial charge in [0.1, 0.15) is 0 Å². The molecule has 0 aliphatic rings. The summed E-state index contributed by atoms with van der Waals surface area (Å²) in [5.41, 5.74) is -0.325. The third-order valence-electron chi connectivity index (χ3n) is 3.34. The second-order valence-corrected chi connectivity index (χ2v) is 5.16. The van der Waals surface area contributed by atoms with Crippen LogP contribution in [0.4, 0.5) is 5.69 Å². The number of amides is 1. The number of hydrogen-bond acceptors (Lipinski definition) is 6. The topological polar surface area (TPSA) is 116 Å². The Morgan fingerprint density at radius 2 is 2.08 bits per heavy atom. The van der Waals surface area contributed by atoms with Gasteiger partial charge in [-0.3, -0.25) is 14.9 Å². The molecule has 1 N–H and O–H groups in total. The van der Waals surface area contributed by atoms with Gasteiger partial charge in [-0.25, -0.2) is 9.78 Å². The van der Waals surface area contributed by atoms with Crippen LogP contribution in [0.3, 0.4) is 0 Å². The van der Waals surface area contributed by atoms with Gasteiger partial charge in [0.2, 0.25) is 0 Å². The number of hydrogen-bond donors (Lipinski definition) is 1. The first-order valence-corrected chi connectivity index (χ1v) is 7.71. The fourth-order valence-corrected chi connectivity index (χ4v) is 2.16. The largest absolute Gasteiger partial charge is 0.462 e. The summed E-state index contributed by atoms with van der Waals surface area (Å²) in [5.74, 6) is -1.19. The molecule has 0 fully saturated rings. The molecule has 0 aliphatic heterocycles. The zero-order chi connectivity index (χ0) is 18.2. The van der Waals surface area contributed by atoms with Crippen molar-refractivity contribution in [2.75, 3.05) is 13.2 Å². The maximum atomic E-state index is 12.2. The van der Waals surface area contributed by atoms with Crippen molar-refractivity contribution in [2.45, 2.75) is 19.9 Å². The standard InChI is InChI=1S/C16H18N4O5/c1-2-25-16(22)13-8-12(9-14(10-13)20(23)24)15(21)18-4-3-6-19-7-5-17-11-19/h5,7-11H,2-4,6H2,1H3,(H,18,21). The molecular formula is C16H18N4O5. The molecule has 1 aromatic heterocycles. The minimum Gasteiger partial charge on any atom is -0.462 e. The number of ether oxygens (including phenoxy) is 1. The van der Waals surface area contributed by atoms with E-state index in [4.69, 9.17) is 4.74 Å². The summed E-state index contributed by atoms with van der Waals surface area (Å²) in [6.07, 6.45) is 5.82. The van der Waals surface area contributed by atoms with E-state index in [1.807, 2.05) is 10.8 Å². The molecule has 1 amide bonds. The smallest absolute Gasteiger partial charge is 0.338 e. The first-order valence-electron chi connectivity index (χ1n) is 7.71. The van der Waals surface area contributed by atoms with Crippen molar-refractivity contribution in [1.29, 1.82) is 0 Å². The number of nitro groups is 1. The third kappa shape index (κ3) is 5.13. The lowest BCUT2D eigenvalue weighted by Crippen LogP contribution is -2.25. The molecule has 0 saturated carbocycles. The molecule has 0 radical (unpaired) electrons. The SMILES string of the molecule is CCOC(=O)c1cc(C(=O)NCCCn2ccnc2)cc([N+](=O)[O-])c1. The highest BCUT2D eigenvalue weighted by Gasteiger charge is 2.18. The maximum absolute atomic E-state index is 12.2. The number of esters is 1. The Balaban J connectivity index is 2.03. The third-order valence-corrected chi connectivity index (χ3v) is 3.34. The number of benzene rings is 1. The molecule has 2 rings (SSSR count). The van der Waals surface area contributed by atoms with E-state index in [9.17, 15) is 19.7 Å². The quantitative estimate of drug-likeness (QED) is 0.337. The van der Waals surface area contributed by atoms with E-state index >= 15 is 0 Å². The van der Waals surface area contributed by atoms with E-state index in [2.05, 4.69) is 10.3 Å². The average molecular weight is 346 g/mol. The van der Waals surface area contributed by atoms with Crippen LogP contribution in [0.1, 0.15) is 34.1 Å². The zero-order valence-electron chi connectivity index (χ0n) is 13.7. The van der Waals surface area contributed by atoms with E-state index in [1.54, 1.807) is 19.4 Å². The lowest BCUT2D eigenvalue weighted by Gasteiger charge is -2.08. The van der Waals surface area contributed by atoms with Gasteiger partial charge in [0.15, 0.2) is 0 Å². The Kier molecular flexibility index (Phi) is 6.21. The number of carbonyl (C=O) groups is 2. The number of aromatic nitrogens is 2. The van der Waals surface area contributed by atoms with Crippen molar-refractivity contribution < 1.29 is 19.2 Å². The molecule has 0 spiro atoms. The minimum atomic E-state index is -0.708. The lowest BCUT2D eigenvalue weighted by molar-refractivity contribution is -0.384. The summed E-state index contributed by atoms with van der Waals surface area (Å²) in [4.78, 5) is 38.3. The number of carbonyl (C=O) groups excluding carboxylic acids is 2. The molecule has 2 aromatic rings. The van der Waals surface area contributed by atoms with Gasteiger partial charge >= 0.3 is 5.97 Å². The van der Waals surface area contributed by atoms with Gasteiger partial charge in [0.25, 0.3) is 11.6 Å². The number of imidazole rings is 1. The first kappa shape index (κ1) is 18.1. The number of aryl methyl sites for hydroxylation is 1. The number of rotatable bonds is 8. The van der Waals surface area contributed by atoms with Crippen LogP contribution in [-0.4, -0.2) is 39.5 Å². The Hall–Kier alpha value is -3.23. The highest BCUT2D eigenvalue weighted by Crippen LogP contribution is 2.18. The van der Waals surface area contributed by atoms with E-state index in [0.29, 0.717) is 19.5 Å². The van der Waals surface area contributed by atoms with Crippen LogP contribution in [0.2, 0.25) is 0 Å². The van der Waals surface area contributed by atoms with Crippen molar-refractivity contribution in [2.24, 2.45) is 0 Å². The van der Waals surface area contributed by atoms with E-state index in [0.717, 1.165) is 12.1 Å². The average Bonchev–Trinajstić information content (AvgIpc) is 3.11. The van der Waals surface area contributed by atoms with Gasteiger partial charge in [0, 0.05) is 43.2 Å². The molecule has 0 saturated heterocycles. The van der Waals surface area contributed by atoms with Gasteiger partial charge in [-0.2, -0.15) is 0 Å². The Morgan fingerprint density at radius 3 is 2.72 bits per heavy atom. The normalized spacial score (nSPS) is 10.3. The molecule has 132 valence electrons. The molecule has 0 unspecified atom stereocenters. The summed E-state index contributed by atoms with van der Waals surface area (Å²) in [7, 11) is 0. The van der Waals surface area contributed by atoms with Gasteiger partial charge in [0.05, 0.1) is 23.4 Å². The first-order chi connectivity index (χ1) is 12.0. The molecule has 1 aromatic carbocycles. The minimum absolute atomic E-state index is 0.0281. The van der Waals surface area contributed by atoms with Crippen LogP contribution in [-0.2, 0) is 11.3 Å². The molecule has 0 atom stereocenters. The van der Waals surface area contributed by atoms with Gasteiger partial charge < -0.3 is 14.6 Å². The summed E-state index contributed by atoms with van der Waals surface area (Å²) >= 11 is 0. The van der Waals surface area contributed by atoms with Crippen molar-refractivity contribution in [1.82, 2.24) is 14.9 Å². The van der Waals surface area contributed by atoms with Crippen LogP contribution in [0.25, 0.3) is 0 Å². The zero-order valence-corrected chi connectivity index (χ0v) is 13.7. The lowest BCUT2D eigenvalue weighted by atomic mass is 10.1. The van der Waals surface area contributed by atoms with Crippen molar-refractivity contribution >= 4 is 17.6 Å². The number of nitro benzene ring substituents is 1. The summed E-state index contributed by atoms with van der Waals surface area (Å²) in [6, 6.07) is 3.51. The van der Waals surface area contributed by atoms with Gasteiger partial charge in [-0.15, -0.1) is 0 Å². The molecule has 0 bridgehead atoms. The van der Waals surface area contributed by atoms with Crippen molar-refractivity contribution in [3.8, 4) is 0 Å². The van der Waals surface area contributed by atoms with E-state index in [1.165, 1.54) is 6.07 Å². The number of nitrogens with zero attached hydrogens (tertiary/aromatic N) is 3. The Bertz CT molecular complexity index is 758. The van der Waals surface area contributed by atoms with Gasteiger partial charge in [-0.1, -0.05) is 0 Å². The van der Waals surface area contributed by atoms with E-state index in [-0.39, 0.29) is 23.4 Å². The summed E-state index contributed by atoms with van der Waals surface area (Å²) < 4.78 is 6.71. The van der Waals surface area contributed by atoms with Gasteiger partial charge in [-0.05, 0) is 19.4 Å². The summed E-state index contributed by atoms with van der Waals surface area (Å²) in [5, 5.41) is 13.7. The molecule has 1 heterocycles. The predicted octanol–water partition coefficient (Wildman–Crippen LogP) is 1.79. The van der Waals surface area contributed by atoms with Crippen LogP contribution in [0.5, 0.6) is 0 Å². The van der Waals surface area contributed by atoms with Crippen LogP contribution < -0.4 is 5.32 Å². The highest BCUT2D eigenvalue weighted by molar-refractivity contribution is 5.98. The molecule has 9 heteroatoms. The van der Waals surface area contributed by atoms with Crippen LogP contribution in [0.15, 0.2) is 36.9 Å². The van der Waals surface area contributed by atoms with Crippen molar-refractivity contribution in [3.05, 3.63) is 58.2 Å². The Labute approximate surface area is 143 Å². The number of non-ortho nitro benzene ring substituents is 1. The fourth-order valence-electron chi connectivity index (χ4n) is 2.16. The summed E-state index contributed by atoms with van der Waals surface area (Å²) in [6.45, 7) is 2.83. The second kappa shape index (κ2) is 8.57. The molecule has 25 heavy (non-hydrogen) atoms. The number of nitrogens with one attached hydrogen (secondary N) is 1. The van der Waals surface area contributed by atoms with Crippen LogP contribution >= 0.6 is 0 Å².